The molecule has 3 heteroatoms. The van der Waals surface area contributed by atoms with Crippen molar-refractivity contribution in [1.82, 2.24) is 4.90 Å². The molecule has 1 aliphatic rings. The van der Waals surface area contributed by atoms with Gasteiger partial charge in [0.15, 0.2) is 0 Å². The fourth-order valence-corrected chi connectivity index (χ4v) is 3.41. The molecule has 1 aliphatic heterocycles. The van der Waals surface area contributed by atoms with Crippen LogP contribution in [0.1, 0.15) is 30.9 Å². The molecule has 26 heavy (non-hydrogen) atoms. The summed E-state index contributed by atoms with van der Waals surface area (Å²) in [7, 11) is 0. The lowest BCUT2D eigenvalue weighted by molar-refractivity contribution is -0.139. The van der Waals surface area contributed by atoms with E-state index in [1.54, 1.807) is 0 Å². The van der Waals surface area contributed by atoms with Crippen molar-refractivity contribution >= 4 is 11.5 Å². The normalized spacial score (nSPS) is 15.1. The van der Waals surface area contributed by atoms with Crippen molar-refractivity contribution in [1.29, 1.82) is 0 Å². The van der Waals surface area contributed by atoms with Gasteiger partial charge in [-0.15, -0.1) is 0 Å². The smallest absolute Gasteiger partial charge is 0.335 e. The molecular formula is C23H27NO2. The Morgan fingerprint density at radius 1 is 1.04 bits per heavy atom. The van der Waals surface area contributed by atoms with Crippen LogP contribution in [0.4, 0.5) is 0 Å². The van der Waals surface area contributed by atoms with Gasteiger partial charge < -0.3 is 4.74 Å². The van der Waals surface area contributed by atoms with Gasteiger partial charge in [-0.2, -0.15) is 0 Å². The number of ether oxygens (including phenoxy) is 1. The van der Waals surface area contributed by atoms with Crippen LogP contribution < -0.4 is 0 Å². The maximum atomic E-state index is 12.7. The van der Waals surface area contributed by atoms with Crippen molar-refractivity contribution in [3.8, 4) is 0 Å². The van der Waals surface area contributed by atoms with Gasteiger partial charge in [0.25, 0.3) is 0 Å². The fourth-order valence-electron chi connectivity index (χ4n) is 3.41. The van der Waals surface area contributed by atoms with E-state index in [4.69, 9.17) is 4.74 Å². The van der Waals surface area contributed by atoms with Gasteiger partial charge in [-0.05, 0) is 42.5 Å². The minimum Gasteiger partial charge on any atom is -0.462 e. The van der Waals surface area contributed by atoms with Crippen LogP contribution in [0.3, 0.4) is 0 Å². The number of hydrogen-bond acceptors (Lipinski definition) is 3. The van der Waals surface area contributed by atoms with Gasteiger partial charge in [-0.3, -0.25) is 4.90 Å². The van der Waals surface area contributed by atoms with Crippen LogP contribution in [0.25, 0.3) is 5.57 Å². The van der Waals surface area contributed by atoms with Gasteiger partial charge >= 0.3 is 5.97 Å². The molecule has 3 nitrogen and oxygen atoms in total. The Labute approximate surface area is 156 Å². The second kappa shape index (κ2) is 9.35. The monoisotopic (exact) mass is 349 g/mol. The Hall–Kier alpha value is -2.39. The summed E-state index contributed by atoms with van der Waals surface area (Å²) in [4.78, 5) is 15.0. The molecule has 0 spiro atoms. The highest BCUT2D eigenvalue weighted by atomic mass is 16.5. The number of aryl methyl sites for hydroxylation is 1. The van der Waals surface area contributed by atoms with Crippen LogP contribution in [0.2, 0.25) is 0 Å². The van der Waals surface area contributed by atoms with Crippen molar-refractivity contribution < 1.29 is 9.53 Å². The second-order valence-electron chi connectivity index (χ2n) is 6.67. The number of rotatable bonds is 7. The first-order valence-electron chi connectivity index (χ1n) is 9.48. The minimum atomic E-state index is -0.157. The molecule has 2 aromatic carbocycles. The average molecular weight is 349 g/mol. The van der Waals surface area contributed by atoms with E-state index in [1.165, 1.54) is 5.56 Å². The Bertz CT molecular complexity index is 737. The molecule has 0 saturated carbocycles. The van der Waals surface area contributed by atoms with E-state index in [-0.39, 0.29) is 5.97 Å². The summed E-state index contributed by atoms with van der Waals surface area (Å²) in [5, 5.41) is 0. The van der Waals surface area contributed by atoms with Gasteiger partial charge in [0, 0.05) is 13.1 Å². The molecule has 0 aliphatic carbocycles. The standard InChI is InChI=1S/C23H27NO2/c1-2-24-16-15-21(20-13-7-4-8-14-20)22(18-24)23(25)26-17-9-12-19-10-5-3-6-11-19/h3-8,10-11,13-14H,2,9,12,15-18H2,1H3. The van der Waals surface area contributed by atoms with Crippen LogP contribution in [-0.4, -0.2) is 37.1 Å². The molecule has 0 fully saturated rings. The first-order valence-corrected chi connectivity index (χ1v) is 9.48. The first-order chi connectivity index (χ1) is 12.8. The Morgan fingerprint density at radius 3 is 2.42 bits per heavy atom. The van der Waals surface area contributed by atoms with Crippen molar-refractivity contribution in [2.24, 2.45) is 0 Å². The first kappa shape index (κ1) is 18.4. The minimum absolute atomic E-state index is 0.157. The van der Waals surface area contributed by atoms with E-state index in [9.17, 15) is 4.79 Å². The quantitative estimate of drug-likeness (QED) is 0.550. The number of carbonyl (C=O) groups excluding carboxylic acids is 1. The maximum absolute atomic E-state index is 12.7. The van der Waals surface area contributed by atoms with Crippen molar-refractivity contribution in [3.63, 3.8) is 0 Å². The molecule has 0 N–H and O–H groups in total. The van der Waals surface area contributed by atoms with Gasteiger partial charge in [-0.25, -0.2) is 4.79 Å². The molecule has 0 bridgehead atoms. The SMILES string of the molecule is CCN1CCC(c2ccccc2)=C(C(=O)OCCCc2ccccc2)C1. The Balaban J connectivity index is 1.64. The second-order valence-corrected chi connectivity index (χ2v) is 6.67. The molecule has 0 amide bonds. The molecule has 2 aromatic rings. The zero-order valence-electron chi connectivity index (χ0n) is 15.5. The van der Waals surface area contributed by atoms with Crippen LogP contribution in [0.5, 0.6) is 0 Å². The number of benzene rings is 2. The largest absolute Gasteiger partial charge is 0.462 e. The summed E-state index contributed by atoms with van der Waals surface area (Å²) in [6.07, 6.45) is 2.67. The highest BCUT2D eigenvalue weighted by Gasteiger charge is 2.24. The van der Waals surface area contributed by atoms with Gasteiger partial charge in [0.05, 0.1) is 12.2 Å². The number of nitrogens with zero attached hydrogens (tertiary/aromatic N) is 1. The zero-order chi connectivity index (χ0) is 18.2. The molecule has 1 heterocycles. The summed E-state index contributed by atoms with van der Waals surface area (Å²) < 4.78 is 5.62. The predicted octanol–water partition coefficient (Wildman–Crippen LogP) is 4.34. The number of esters is 1. The lowest BCUT2D eigenvalue weighted by Gasteiger charge is -2.29. The maximum Gasteiger partial charge on any atom is 0.335 e. The van der Waals surface area contributed by atoms with Crippen molar-refractivity contribution in [2.45, 2.75) is 26.2 Å². The van der Waals surface area contributed by atoms with Crippen LogP contribution >= 0.6 is 0 Å². The van der Waals surface area contributed by atoms with Gasteiger partial charge in [0.2, 0.25) is 0 Å². The molecule has 0 atom stereocenters. The highest BCUT2D eigenvalue weighted by molar-refractivity contribution is 5.98. The molecule has 0 radical (unpaired) electrons. The molecule has 3 rings (SSSR count). The van der Waals surface area contributed by atoms with Crippen LogP contribution in [-0.2, 0) is 16.0 Å². The molecule has 0 unspecified atom stereocenters. The molecule has 136 valence electrons. The van der Waals surface area contributed by atoms with Crippen LogP contribution in [0, 0.1) is 0 Å². The lowest BCUT2D eigenvalue weighted by Crippen LogP contribution is -2.34. The topological polar surface area (TPSA) is 29.5 Å². The number of carbonyl (C=O) groups is 1. The molecular weight excluding hydrogens is 322 g/mol. The van der Waals surface area contributed by atoms with Crippen LogP contribution in [0.15, 0.2) is 66.2 Å². The van der Waals surface area contributed by atoms with Gasteiger partial charge in [0.1, 0.15) is 0 Å². The Kier molecular flexibility index (Phi) is 6.62. The molecule has 0 aromatic heterocycles. The van der Waals surface area contributed by atoms with Gasteiger partial charge in [-0.1, -0.05) is 67.6 Å². The molecule has 0 saturated heterocycles. The van der Waals surface area contributed by atoms with Crippen molar-refractivity contribution in [3.05, 3.63) is 77.4 Å². The summed E-state index contributed by atoms with van der Waals surface area (Å²) in [5.74, 6) is -0.157. The third kappa shape index (κ3) is 4.83. The number of likely N-dealkylation sites (N-methyl/N-ethyl adjacent to an activating group) is 1. The average Bonchev–Trinajstić information content (AvgIpc) is 2.72. The van der Waals surface area contributed by atoms with E-state index in [1.807, 2.05) is 36.4 Å². The van der Waals surface area contributed by atoms with E-state index >= 15 is 0 Å². The number of hydrogen-bond donors (Lipinski definition) is 0. The van der Waals surface area contributed by atoms with E-state index in [0.29, 0.717) is 13.2 Å². The third-order valence-electron chi connectivity index (χ3n) is 4.93. The van der Waals surface area contributed by atoms with E-state index in [0.717, 1.165) is 49.1 Å². The zero-order valence-corrected chi connectivity index (χ0v) is 15.5. The summed E-state index contributed by atoms with van der Waals surface area (Å²) in [6.45, 7) is 5.22. The summed E-state index contributed by atoms with van der Waals surface area (Å²) in [5.41, 5.74) is 4.38. The Morgan fingerprint density at radius 2 is 1.73 bits per heavy atom. The highest BCUT2D eigenvalue weighted by Crippen LogP contribution is 2.28. The fraction of sp³-hybridized carbons (Fsp3) is 0.348. The predicted molar refractivity (Wildman–Crippen MR) is 106 cm³/mol. The van der Waals surface area contributed by atoms with E-state index in [2.05, 4.69) is 36.1 Å². The third-order valence-corrected chi connectivity index (χ3v) is 4.93. The summed E-state index contributed by atoms with van der Waals surface area (Å²) in [6, 6.07) is 20.5. The van der Waals surface area contributed by atoms with E-state index < -0.39 is 0 Å². The van der Waals surface area contributed by atoms with Crippen molar-refractivity contribution in [2.75, 3.05) is 26.2 Å². The summed E-state index contributed by atoms with van der Waals surface area (Å²) >= 11 is 0. The lowest BCUT2D eigenvalue weighted by atomic mass is 9.93.